The van der Waals surface area contributed by atoms with E-state index in [0.717, 1.165) is 19.3 Å². The summed E-state index contributed by atoms with van der Waals surface area (Å²) in [4.78, 5) is 22.8. The summed E-state index contributed by atoms with van der Waals surface area (Å²) in [5.74, 6) is -0.303. The van der Waals surface area contributed by atoms with Crippen LogP contribution in [0.2, 0.25) is 0 Å². The Morgan fingerprint density at radius 2 is 2.06 bits per heavy atom. The number of ether oxygens (including phenoxy) is 1. The molecule has 2 aliphatic heterocycles. The van der Waals surface area contributed by atoms with Crippen LogP contribution in [0.1, 0.15) is 30.9 Å². The van der Waals surface area contributed by atoms with Crippen molar-refractivity contribution in [2.75, 3.05) is 31.1 Å². The molecule has 1 saturated carbocycles. The van der Waals surface area contributed by atoms with Gasteiger partial charge in [-0.3, -0.25) is 4.79 Å². The minimum absolute atomic E-state index is 0. The first-order chi connectivity index (χ1) is 14.8. The van der Waals surface area contributed by atoms with Crippen molar-refractivity contribution >= 4 is 35.2 Å². The Morgan fingerprint density at radius 1 is 1.38 bits per heavy atom. The fourth-order valence-corrected chi connectivity index (χ4v) is 4.80. The van der Waals surface area contributed by atoms with Gasteiger partial charge in [-0.05, 0) is 25.3 Å². The van der Waals surface area contributed by atoms with Gasteiger partial charge in [0.2, 0.25) is 0 Å². The maximum absolute atomic E-state index is 15.1. The molecular formula is C21H24ClFN4O5. The summed E-state index contributed by atoms with van der Waals surface area (Å²) in [5, 5.41) is 24.1. The summed E-state index contributed by atoms with van der Waals surface area (Å²) in [6.07, 6.45) is 2.79. The van der Waals surface area contributed by atoms with Gasteiger partial charge < -0.3 is 30.2 Å². The fraction of sp³-hybridized carbons (Fsp3) is 0.476. The largest absolute Gasteiger partial charge is 0.503 e. The lowest BCUT2D eigenvalue weighted by molar-refractivity contribution is 0.0126. The van der Waals surface area contributed by atoms with Crippen molar-refractivity contribution in [1.29, 1.82) is 5.26 Å². The first-order valence-corrected chi connectivity index (χ1v) is 10.1. The SMILES string of the molecule is Cl.N#Cc1c(N2C[C@H]3CCO[C@@]3(CN)C2)c(F)cc2c(=O)ccn(C3CC3)c12.O=C(O)O. The number of carbonyl (C=O) groups is 1. The molecule has 0 radical (unpaired) electrons. The number of pyridine rings is 1. The lowest BCUT2D eigenvalue weighted by Gasteiger charge is -2.27. The Labute approximate surface area is 189 Å². The van der Waals surface area contributed by atoms with E-state index in [2.05, 4.69) is 6.07 Å². The average molecular weight is 467 g/mol. The van der Waals surface area contributed by atoms with Crippen LogP contribution in [0.15, 0.2) is 23.1 Å². The Kier molecular flexibility index (Phi) is 6.64. The molecule has 0 amide bonds. The van der Waals surface area contributed by atoms with E-state index in [1.54, 1.807) is 6.20 Å². The molecule has 3 heterocycles. The molecule has 172 valence electrons. The van der Waals surface area contributed by atoms with Crippen molar-refractivity contribution < 1.29 is 24.1 Å². The molecule has 2 aromatic rings. The number of nitrogens with zero attached hydrogens (tertiary/aromatic N) is 3. The van der Waals surface area contributed by atoms with Gasteiger partial charge >= 0.3 is 6.16 Å². The Bertz CT molecular complexity index is 1140. The van der Waals surface area contributed by atoms with Crippen LogP contribution in [-0.4, -0.2) is 52.8 Å². The number of halogens is 2. The first-order valence-electron chi connectivity index (χ1n) is 10.1. The summed E-state index contributed by atoms with van der Waals surface area (Å²) in [6, 6.07) is 5.21. The fourth-order valence-electron chi connectivity index (χ4n) is 4.80. The topological polar surface area (TPSA) is 142 Å². The summed E-state index contributed by atoms with van der Waals surface area (Å²) in [6.45, 7) is 2.11. The highest BCUT2D eigenvalue weighted by molar-refractivity contribution is 5.91. The van der Waals surface area contributed by atoms with E-state index in [1.807, 2.05) is 9.47 Å². The van der Waals surface area contributed by atoms with Crippen molar-refractivity contribution in [3.8, 4) is 6.07 Å². The molecule has 0 bridgehead atoms. The molecule has 9 nitrogen and oxygen atoms in total. The van der Waals surface area contributed by atoms with Crippen LogP contribution < -0.4 is 16.1 Å². The molecule has 3 fully saturated rings. The number of nitrogens with two attached hydrogens (primary N) is 1. The van der Waals surface area contributed by atoms with E-state index in [9.17, 15) is 10.1 Å². The van der Waals surface area contributed by atoms with Crippen LogP contribution in [0.3, 0.4) is 0 Å². The second-order valence-electron chi connectivity index (χ2n) is 8.17. The van der Waals surface area contributed by atoms with Gasteiger partial charge in [0.15, 0.2) is 5.43 Å². The Hall–Kier alpha value is -2.87. The van der Waals surface area contributed by atoms with Gasteiger partial charge in [0.1, 0.15) is 23.1 Å². The van der Waals surface area contributed by atoms with Gasteiger partial charge in [0.25, 0.3) is 0 Å². The van der Waals surface area contributed by atoms with Crippen LogP contribution >= 0.6 is 12.4 Å². The molecule has 11 heteroatoms. The zero-order valence-corrected chi connectivity index (χ0v) is 18.0. The number of hydrogen-bond donors (Lipinski definition) is 3. The zero-order valence-electron chi connectivity index (χ0n) is 17.2. The van der Waals surface area contributed by atoms with Gasteiger partial charge in [-0.15, -0.1) is 12.4 Å². The molecule has 1 aliphatic carbocycles. The predicted octanol–water partition coefficient (Wildman–Crippen LogP) is 2.55. The zero-order chi connectivity index (χ0) is 22.3. The highest BCUT2D eigenvalue weighted by atomic mass is 35.5. The van der Waals surface area contributed by atoms with Gasteiger partial charge in [-0.25, -0.2) is 9.18 Å². The molecule has 2 saturated heterocycles. The van der Waals surface area contributed by atoms with Crippen molar-refractivity contribution in [3.05, 3.63) is 39.9 Å². The van der Waals surface area contributed by atoms with Gasteiger partial charge in [0, 0.05) is 50.5 Å². The van der Waals surface area contributed by atoms with Gasteiger partial charge in [-0.1, -0.05) is 0 Å². The van der Waals surface area contributed by atoms with Gasteiger partial charge in [0.05, 0.1) is 16.6 Å². The molecule has 5 rings (SSSR count). The molecule has 0 unspecified atom stereocenters. The van der Waals surface area contributed by atoms with Crippen LogP contribution in [0, 0.1) is 23.1 Å². The van der Waals surface area contributed by atoms with Crippen LogP contribution in [0.25, 0.3) is 10.9 Å². The molecule has 1 aromatic carbocycles. The molecule has 1 aromatic heterocycles. The summed E-state index contributed by atoms with van der Waals surface area (Å²) < 4.78 is 23.0. The highest BCUT2D eigenvalue weighted by Crippen LogP contribution is 2.44. The number of anilines is 1. The van der Waals surface area contributed by atoms with E-state index in [1.165, 1.54) is 12.1 Å². The molecule has 32 heavy (non-hydrogen) atoms. The minimum atomic E-state index is -1.83. The van der Waals surface area contributed by atoms with E-state index in [-0.39, 0.29) is 46.4 Å². The van der Waals surface area contributed by atoms with Crippen LogP contribution in [0.4, 0.5) is 14.9 Å². The number of hydrogen-bond acceptors (Lipinski definition) is 6. The number of fused-ring (bicyclic) bond motifs is 2. The van der Waals surface area contributed by atoms with E-state index in [4.69, 9.17) is 25.5 Å². The van der Waals surface area contributed by atoms with E-state index < -0.39 is 17.6 Å². The van der Waals surface area contributed by atoms with E-state index >= 15 is 4.39 Å². The summed E-state index contributed by atoms with van der Waals surface area (Å²) in [5.41, 5.74) is 6.31. The van der Waals surface area contributed by atoms with Crippen molar-refractivity contribution in [1.82, 2.24) is 4.57 Å². The van der Waals surface area contributed by atoms with E-state index in [0.29, 0.717) is 31.8 Å². The maximum atomic E-state index is 15.1. The summed E-state index contributed by atoms with van der Waals surface area (Å²) >= 11 is 0. The highest BCUT2D eigenvalue weighted by Gasteiger charge is 2.51. The minimum Gasteiger partial charge on any atom is -0.450 e. The quantitative estimate of drug-likeness (QED) is 0.626. The second kappa shape index (κ2) is 8.94. The molecule has 3 aliphatic rings. The molecule has 2 atom stereocenters. The lowest BCUT2D eigenvalue weighted by atomic mass is 9.91. The third kappa shape index (κ3) is 3.99. The second-order valence-corrected chi connectivity index (χ2v) is 8.17. The predicted molar refractivity (Wildman–Crippen MR) is 117 cm³/mol. The van der Waals surface area contributed by atoms with Crippen LogP contribution in [0.5, 0.6) is 0 Å². The third-order valence-corrected chi connectivity index (χ3v) is 6.35. The number of nitriles is 1. The summed E-state index contributed by atoms with van der Waals surface area (Å²) in [7, 11) is 0. The molecule has 0 spiro atoms. The standard InChI is InChI=1S/C20H21FN4O2.CH2O3.ClH/c21-16-7-14-17(26)3-5-25(13-1-2-13)18(14)15(8-22)19(16)24-9-12-4-6-27-20(12,10-23)11-24;2-1(3)4;/h3,5,7,12-13H,1-2,4,6,9-11,23H2;(H2,2,3,4);1H/t12-,20+;;/m1../s1. The lowest BCUT2D eigenvalue weighted by Crippen LogP contribution is -2.44. The van der Waals surface area contributed by atoms with Crippen molar-refractivity contribution in [2.24, 2.45) is 11.7 Å². The number of aromatic nitrogens is 1. The van der Waals surface area contributed by atoms with Crippen molar-refractivity contribution in [3.63, 3.8) is 0 Å². The number of rotatable bonds is 3. The Morgan fingerprint density at radius 3 is 2.62 bits per heavy atom. The monoisotopic (exact) mass is 466 g/mol. The van der Waals surface area contributed by atoms with Crippen LogP contribution in [-0.2, 0) is 4.74 Å². The normalized spacial score (nSPS) is 23.7. The first kappa shape index (κ1) is 23.8. The number of carboxylic acid groups (broad SMARTS) is 2. The van der Waals surface area contributed by atoms with Crippen molar-refractivity contribution in [2.45, 2.75) is 30.9 Å². The average Bonchev–Trinajstić information content (AvgIpc) is 3.38. The Balaban J connectivity index is 0.000000536. The number of benzene rings is 1. The third-order valence-electron chi connectivity index (χ3n) is 6.35. The van der Waals surface area contributed by atoms with Gasteiger partial charge in [-0.2, -0.15) is 5.26 Å². The molecular weight excluding hydrogens is 443 g/mol. The smallest absolute Gasteiger partial charge is 0.450 e. The maximum Gasteiger partial charge on any atom is 0.503 e. The molecule has 4 N–H and O–H groups in total.